The molecule has 0 aliphatic carbocycles. The second-order valence-electron chi connectivity index (χ2n) is 32.3. The number of esters is 2. The van der Waals surface area contributed by atoms with Crippen molar-refractivity contribution >= 4 is 122 Å². The molecular formula is C90H112N16O24S4. The molecule has 0 saturated heterocycles. The molecule has 0 fully saturated rings. The molecule has 0 saturated carbocycles. The molecule has 4 atom stereocenters. The number of sulfonamides is 4. The Balaban J connectivity index is 0.000000201. The van der Waals surface area contributed by atoms with Gasteiger partial charge in [-0.3, -0.25) is 58.0 Å². The summed E-state index contributed by atoms with van der Waals surface area (Å²) in [6.07, 6.45) is 1.06. The summed E-state index contributed by atoms with van der Waals surface area (Å²) in [6.45, 7) is 25.6. The molecule has 720 valence electrons. The van der Waals surface area contributed by atoms with Crippen molar-refractivity contribution in [2.24, 2.45) is 31.8 Å². The van der Waals surface area contributed by atoms with Gasteiger partial charge in [0.05, 0.1) is 80.4 Å². The molecule has 4 aromatic carbocycles. The summed E-state index contributed by atoms with van der Waals surface area (Å²) in [5, 5.41) is 56.1. The highest BCUT2D eigenvalue weighted by molar-refractivity contribution is 7.96. The average molecular weight is 1930 g/mol. The van der Waals surface area contributed by atoms with Crippen LogP contribution in [-0.4, -0.2) is 202 Å². The molecule has 40 nitrogen and oxygen atoms in total. The number of nitrogens with one attached hydrogen (secondary N) is 8. The number of amides is 4. The molecule has 4 aliphatic heterocycles. The van der Waals surface area contributed by atoms with Gasteiger partial charge >= 0.3 is 11.9 Å². The van der Waals surface area contributed by atoms with Crippen molar-refractivity contribution in [3.8, 4) is 23.0 Å². The lowest BCUT2D eigenvalue weighted by Crippen LogP contribution is -2.27. The number of phenols is 4. The number of hydrogen-bond donors (Lipinski definition) is 12. The smallest absolute Gasteiger partial charge is 0.354 e. The number of aryl methyl sites for hydroxylation is 6. The van der Waals surface area contributed by atoms with E-state index in [1.807, 2.05) is 94.4 Å². The van der Waals surface area contributed by atoms with Gasteiger partial charge in [-0.25, -0.2) is 43.3 Å². The van der Waals surface area contributed by atoms with Crippen molar-refractivity contribution in [2.45, 2.75) is 134 Å². The maximum atomic E-state index is 13.0. The normalized spacial score (nSPS) is 16.9. The fraction of sp³-hybridized carbons (Fsp3) is 0.356. The molecule has 8 aromatic rings. The van der Waals surface area contributed by atoms with Crippen LogP contribution in [-0.2, 0) is 59.2 Å². The zero-order chi connectivity index (χ0) is 99.4. The van der Waals surface area contributed by atoms with Crippen molar-refractivity contribution in [3.63, 3.8) is 0 Å². The first kappa shape index (κ1) is 104. The Morgan fingerprint density at radius 2 is 0.679 bits per heavy atom. The monoisotopic (exact) mass is 1930 g/mol. The first-order chi connectivity index (χ1) is 62.8. The highest BCUT2D eigenvalue weighted by atomic mass is 32.2. The van der Waals surface area contributed by atoms with Crippen LogP contribution in [0.15, 0.2) is 190 Å². The Kier molecular flexibility index (Phi) is 33.3. The number of anilines is 4. The number of carbonyl (C=O) groups excluding carboxylic acids is 6. The van der Waals surface area contributed by atoms with E-state index in [0.29, 0.717) is 47.4 Å². The minimum atomic E-state index is -4.36. The Morgan fingerprint density at radius 1 is 0.388 bits per heavy atom. The van der Waals surface area contributed by atoms with Gasteiger partial charge in [-0.15, -0.1) is 0 Å². The Labute approximate surface area is 777 Å². The zero-order valence-corrected chi connectivity index (χ0v) is 81.3. The molecule has 0 unspecified atom stereocenters. The Morgan fingerprint density at radius 3 is 0.948 bits per heavy atom. The number of hydrogen-bond acceptors (Lipinski definition) is 32. The average Bonchev–Trinajstić information content (AvgIpc) is 1.51. The Hall–Kier alpha value is -14.1. The molecule has 12 N–H and O–H groups in total. The predicted octanol–water partition coefficient (Wildman–Crippen LogP) is 11.9. The summed E-state index contributed by atoms with van der Waals surface area (Å²) in [7, 11) is -3.78. The van der Waals surface area contributed by atoms with Crippen LogP contribution >= 0.6 is 0 Å². The summed E-state index contributed by atoms with van der Waals surface area (Å²) >= 11 is 0. The molecule has 0 spiro atoms. The number of aliphatic imine (C=N–C) groups is 4. The SMILES string of the molecule is CCOC(=O)C1=C(Nc2cccc(C(=O)N(C)C)c2O)C(=N[C@@H](c2cc(C)c(C)o2)C(C)C)NS1(=O)=O.CCOC(=O)C1=C(Nc2cccc(C(=O)N(C)C)c2O)C(=N[C@H](CC)c2ccc(C)o2)NS1(=O)=O.CC[C@@H](N=C1NS(=O)(=O)C=C1Nc1cccc(C(=O)N(C)C)c1O)c1ccc(C)o1.Cc1cc([C@H](N=C2NS(=O)(=O)C=C2Nc2cccc(C(=O)N(C)C)c2O)C(C)C)oc1C. The van der Waals surface area contributed by atoms with E-state index in [0.717, 1.165) is 33.5 Å². The van der Waals surface area contributed by atoms with Crippen LogP contribution in [0.25, 0.3) is 0 Å². The number of rotatable bonds is 28. The highest BCUT2D eigenvalue weighted by Crippen LogP contribution is 2.40. The summed E-state index contributed by atoms with van der Waals surface area (Å²) < 4.78 is 143. The van der Waals surface area contributed by atoms with E-state index in [1.165, 1.54) is 96.3 Å². The number of furan rings is 4. The highest BCUT2D eigenvalue weighted by Gasteiger charge is 2.44. The molecular weight excluding hydrogens is 1820 g/mol. The van der Waals surface area contributed by atoms with Crippen LogP contribution < -0.4 is 40.2 Å². The number of ether oxygens (including phenoxy) is 2. The third-order valence-corrected chi connectivity index (χ3v) is 25.2. The number of para-hydroxylation sites is 4. The molecule has 12 rings (SSSR count). The van der Waals surface area contributed by atoms with Crippen LogP contribution in [0.4, 0.5) is 22.7 Å². The van der Waals surface area contributed by atoms with E-state index in [2.05, 4.69) is 60.1 Å². The van der Waals surface area contributed by atoms with Gasteiger partial charge in [0.25, 0.3) is 63.7 Å². The quantitative estimate of drug-likeness (QED) is 0.0160. The second-order valence-corrected chi connectivity index (χ2v) is 38.6. The van der Waals surface area contributed by atoms with Crippen molar-refractivity contribution in [2.75, 3.05) is 90.9 Å². The molecule has 0 radical (unpaired) electrons. The lowest BCUT2D eigenvalue weighted by atomic mass is 10.0. The van der Waals surface area contributed by atoms with E-state index in [-0.39, 0.29) is 139 Å². The van der Waals surface area contributed by atoms with Gasteiger partial charge in [-0.2, -0.15) is 0 Å². The summed E-state index contributed by atoms with van der Waals surface area (Å²) in [6, 6.07) is 26.9. The van der Waals surface area contributed by atoms with E-state index in [4.69, 9.17) is 27.1 Å². The minimum absolute atomic E-state index is 0.00174. The van der Waals surface area contributed by atoms with E-state index in [9.17, 15) is 82.9 Å². The van der Waals surface area contributed by atoms with Crippen molar-refractivity contribution in [3.05, 3.63) is 232 Å². The number of phenolic OH excluding ortho intramolecular Hbond substituents is 4. The number of amidine groups is 4. The van der Waals surface area contributed by atoms with Gasteiger partial charge in [0, 0.05) is 56.4 Å². The molecule has 4 aliphatic rings. The second kappa shape index (κ2) is 43.0. The molecule has 44 heteroatoms. The maximum absolute atomic E-state index is 13.0. The largest absolute Gasteiger partial charge is 0.505 e. The zero-order valence-electron chi connectivity index (χ0n) is 78.0. The van der Waals surface area contributed by atoms with Crippen LogP contribution in [0.1, 0.15) is 191 Å². The van der Waals surface area contributed by atoms with Gasteiger partial charge in [0.15, 0.2) is 56.2 Å². The molecule has 0 bridgehead atoms. The van der Waals surface area contributed by atoms with Crippen LogP contribution in [0, 0.1) is 53.4 Å². The first-order valence-corrected chi connectivity index (χ1v) is 48.0. The Bertz CT molecular complexity index is 6560. The first-order valence-electron chi connectivity index (χ1n) is 42.0. The lowest BCUT2D eigenvalue weighted by Gasteiger charge is -2.18. The fourth-order valence-electron chi connectivity index (χ4n) is 13.3. The third-order valence-electron chi connectivity index (χ3n) is 20.4. The van der Waals surface area contributed by atoms with Crippen LogP contribution in [0.5, 0.6) is 23.0 Å². The molecule has 4 aromatic heterocycles. The van der Waals surface area contributed by atoms with Gasteiger partial charge in [-0.1, -0.05) is 65.8 Å². The number of benzene rings is 4. The van der Waals surface area contributed by atoms with Gasteiger partial charge in [0.2, 0.25) is 0 Å². The minimum Gasteiger partial charge on any atom is -0.505 e. The van der Waals surface area contributed by atoms with Crippen molar-refractivity contribution in [1.82, 2.24) is 38.5 Å². The summed E-state index contributed by atoms with van der Waals surface area (Å²) in [4.78, 5) is 97.0. The van der Waals surface area contributed by atoms with E-state index >= 15 is 0 Å². The van der Waals surface area contributed by atoms with Crippen molar-refractivity contribution in [1.29, 1.82) is 0 Å². The van der Waals surface area contributed by atoms with E-state index in [1.54, 1.807) is 91.4 Å². The molecule has 8 heterocycles. The van der Waals surface area contributed by atoms with Gasteiger partial charge in [0.1, 0.15) is 81.6 Å². The molecule has 134 heavy (non-hydrogen) atoms. The molecule has 4 amide bonds. The fourth-order valence-corrected chi connectivity index (χ4v) is 17.7. The van der Waals surface area contributed by atoms with Gasteiger partial charge in [-0.05, 0) is 176 Å². The van der Waals surface area contributed by atoms with E-state index < -0.39 is 109 Å². The van der Waals surface area contributed by atoms with Crippen LogP contribution in [0.3, 0.4) is 0 Å². The van der Waals surface area contributed by atoms with Crippen LogP contribution in [0.2, 0.25) is 0 Å². The van der Waals surface area contributed by atoms with Gasteiger partial charge < -0.3 is 88.4 Å². The number of aromatic hydroxyl groups is 4. The topological polar surface area (TPSA) is 550 Å². The summed E-state index contributed by atoms with van der Waals surface area (Å²) in [5.74, 6) is -0.282. The maximum Gasteiger partial charge on any atom is 0.354 e. The lowest BCUT2D eigenvalue weighted by molar-refractivity contribution is -0.138. The number of carbonyl (C=O) groups is 6. The predicted molar refractivity (Wildman–Crippen MR) is 505 cm³/mol. The standard InChI is InChI=1S/C25H32N4O7S.C23H28N4O7S.C22H28N4O5S.C20H24N4O5S/c1-8-35-25(32)22-20(26-17-11-9-10-16(21(17)30)24(31)29(6)7)23(28-37(22,33)34)27-19(13(2)3)18-12-14(4)15(5)36-18;1-6-15(17-12-11-13(3)34-17)25-21-18(20(23(30)33-7-2)35(31,32)26-21)24-16-10-8-9-14(19(16)28)22(29)27(4)5;1-12(2)19(18-10-13(3)14(4)31-18)24-21-17(11-32(29,30)25-21)23-16-9-7-8-15(20(16)27)22(28)26(5)6;1-5-14(17-10-9-12(2)29-17)22-19-16(11-30(27,28)23-19)21-15-8-6-7-13(18(15)25)20(26)24(3)4/h9-13,19,26,30H,8H2,1-7H3,(H,27,28);8-12,15,24,28H,6-7H2,1-5H3,(H,25,26);7-12,19,23,27H,1-6H3,(H,24,25);6-11,14,21,25H,5H2,1-4H3,(H,22,23)/t19-;15-;19-;14-/m1111/s1. The number of nitrogens with zero attached hydrogens (tertiary/aromatic N) is 8. The third kappa shape index (κ3) is 24.6. The summed E-state index contributed by atoms with van der Waals surface area (Å²) in [5.41, 5.74) is 2.31. The van der Waals surface area contributed by atoms with Crippen molar-refractivity contribution < 1.29 is 110 Å².